The number of hydrogen-bond acceptors (Lipinski definition) is 3. The van der Waals surface area contributed by atoms with Crippen LogP contribution in [0, 0.1) is 0 Å². The Morgan fingerprint density at radius 1 is 1.46 bits per heavy atom. The molecule has 2 rings (SSSR count). The molecule has 0 aliphatic carbocycles. The molecule has 13 heavy (non-hydrogen) atoms. The molecule has 1 aromatic rings. The fraction of sp³-hybridized carbons (Fsp3) is 0.300. The van der Waals surface area contributed by atoms with Gasteiger partial charge in [-0.2, -0.15) is 0 Å². The van der Waals surface area contributed by atoms with Gasteiger partial charge in [-0.05, 0) is 23.3 Å². The second kappa shape index (κ2) is 3.58. The first kappa shape index (κ1) is 8.26. The van der Waals surface area contributed by atoms with Crippen molar-refractivity contribution < 1.29 is 0 Å². The first-order valence-corrected chi connectivity index (χ1v) is 4.44. The molecular formula is C10H13N3. The van der Waals surface area contributed by atoms with Crippen LogP contribution in [0.4, 0.5) is 5.82 Å². The van der Waals surface area contributed by atoms with Gasteiger partial charge in [0.15, 0.2) is 0 Å². The van der Waals surface area contributed by atoms with E-state index in [9.17, 15) is 0 Å². The number of anilines is 1. The van der Waals surface area contributed by atoms with Gasteiger partial charge in [0.2, 0.25) is 0 Å². The maximum Gasteiger partial charge on any atom is 0.125 e. The molecule has 0 unspecified atom stereocenters. The molecule has 0 saturated heterocycles. The molecule has 3 nitrogen and oxygen atoms in total. The summed E-state index contributed by atoms with van der Waals surface area (Å²) < 4.78 is 0. The summed E-state index contributed by atoms with van der Waals surface area (Å²) in [4.78, 5) is 4.26. The van der Waals surface area contributed by atoms with E-state index < -0.39 is 0 Å². The summed E-state index contributed by atoms with van der Waals surface area (Å²) in [5.74, 6) is 0.912. The molecule has 0 amide bonds. The molecular weight excluding hydrogens is 162 g/mol. The van der Waals surface area contributed by atoms with Crippen molar-refractivity contribution in [2.24, 2.45) is 0 Å². The van der Waals surface area contributed by atoms with E-state index >= 15 is 0 Å². The Morgan fingerprint density at radius 2 is 2.38 bits per heavy atom. The highest BCUT2D eigenvalue weighted by Crippen LogP contribution is 2.16. The summed E-state index contributed by atoms with van der Waals surface area (Å²) in [6, 6.07) is 4.09. The minimum atomic E-state index is 0.912. The summed E-state index contributed by atoms with van der Waals surface area (Å²) in [6.07, 6.45) is 4.11. The first-order chi connectivity index (χ1) is 6.40. The maximum atomic E-state index is 4.26. The van der Waals surface area contributed by atoms with Crippen LogP contribution in [0.5, 0.6) is 0 Å². The largest absolute Gasteiger partial charge is 0.373 e. The molecule has 0 saturated carbocycles. The zero-order valence-electron chi connectivity index (χ0n) is 7.67. The second-order valence-electron chi connectivity index (χ2n) is 3.04. The number of aromatic nitrogens is 1. The number of hydrogen-bond donors (Lipinski definition) is 2. The Labute approximate surface area is 77.9 Å². The van der Waals surface area contributed by atoms with Gasteiger partial charge in [0.25, 0.3) is 0 Å². The van der Waals surface area contributed by atoms with E-state index in [2.05, 4.69) is 27.8 Å². The number of rotatable bonds is 2. The van der Waals surface area contributed by atoms with Crippen molar-refractivity contribution in [3.8, 4) is 0 Å². The van der Waals surface area contributed by atoms with Gasteiger partial charge in [0.05, 0.1) is 0 Å². The van der Waals surface area contributed by atoms with Crippen molar-refractivity contribution in [2.45, 2.75) is 0 Å². The highest BCUT2D eigenvalue weighted by Gasteiger charge is 2.05. The van der Waals surface area contributed by atoms with Gasteiger partial charge in [0.1, 0.15) is 5.82 Å². The standard InChI is InChI=1S/C10H13N3/c1-11-10-3-2-8(7-13-10)9-4-5-12-6-9/h2-4,7,12H,5-6H2,1H3,(H,11,13). The third kappa shape index (κ3) is 1.70. The quantitative estimate of drug-likeness (QED) is 0.707. The van der Waals surface area contributed by atoms with Gasteiger partial charge in [-0.15, -0.1) is 0 Å². The summed E-state index contributed by atoms with van der Waals surface area (Å²) in [6.45, 7) is 1.93. The summed E-state index contributed by atoms with van der Waals surface area (Å²) in [7, 11) is 1.87. The Bertz CT molecular complexity index is 313. The Hall–Kier alpha value is -1.35. The fourth-order valence-corrected chi connectivity index (χ4v) is 1.43. The van der Waals surface area contributed by atoms with E-state index in [1.165, 1.54) is 11.1 Å². The number of nitrogens with one attached hydrogen (secondary N) is 2. The topological polar surface area (TPSA) is 37.0 Å². The third-order valence-corrected chi connectivity index (χ3v) is 2.20. The zero-order valence-corrected chi connectivity index (χ0v) is 7.67. The summed E-state index contributed by atoms with van der Waals surface area (Å²) in [5.41, 5.74) is 2.55. The van der Waals surface area contributed by atoms with E-state index in [-0.39, 0.29) is 0 Å². The number of nitrogens with zero attached hydrogens (tertiary/aromatic N) is 1. The molecule has 3 heteroatoms. The molecule has 0 bridgehead atoms. The van der Waals surface area contributed by atoms with E-state index in [1.807, 2.05) is 19.3 Å². The van der Waals surface area contributed by atoms with Crippen molar-refractivity contribution in [3.63, 3.8) is 0 Å². The van der Waals surface area contributed by atoms with Crippen molar-refractivity contribution in [3.05, 3.63) is 30.0 Å². The van der Waals surface area contributed by atoms with E-state index in [0.717, 1.165) is 18.9 Å². The fourth-order valence-electron chi connectivity index (χ4n) is 1.43. The van der Waals surface area contributed by atoms with Crippen molar-refractivity contribution >= 4 is 11.4 Å². The second-order valence-corrected chi connectivity index (χ2v) is 3.04. The monoisotopic (exact) mass is 175 g/mol. The van der Waals surface area contributed by atoms with Gasteiger partial charge in [0, 0.05) is 26.3 Å². The maximum absolute atomic E-state index is 4.26. The van der Waals surface area contributed by atoms with Crippen LogP contribution < -0.4 is 10.6 Å². The van der Waals surface area contributed by atoms with Crippen LogP contribution in [0.3, 0.4) is 0 Å². The van der Waals surface area contributed by atoms with Gasteiger partial charge in [-0.3, -0.25) is 0 Å². The molecule has 1 aliphatic rings. The number of pyridine rings is 1. The average molecular weight is 175 g/mol. The molecule has 2 N–H and O–H groups in total. The predicted molar refractivity (Wildman–Crippen MR) is 54.6 cm³/mol. The smallest absolute Gasteiger partial charge is 0.125 e. The van der Waals surface area contributed by atoms with Crippen LogP contribution in [0.2, 0.25) is 0 Å². The minimum Gasteiger partial charge on any atom is -0.373 e. The molecule has 0 spiro atoms. The molecule has 0 fully saturated rings. The van der Waals surface area contributed by atoms with E-state index in [0.29, 0.717) is 0 Å². The van der Waals surface area contributed by atoms with Crippen molar-refractivity contribution in [1.29, 1.82) is 0 Å². The summed E-state index contributed by atoms with van der Waals surface area (Å²) in [5, 5.41) is 6.26. The Balaban J connectivity index is 2.22. The zero-order chi connectivity index (χ0) is 9.10. The lowest BCUT2D eigenvalue weighted by Gasteiger charge is -2.02. The lowest BCUT2D eigenvalue weighted by molar-refractivity contribution is 0.897. The van der Waals surface area contributed by atoms with Crippen molar-refractivity contribution in [1.82, 2.24) is 10.3 Å². The Morgan fingerprint density at radius 3 is 2.92 bits per heavy atom. The van der Waals surface area contributed by atoms with Gasteiger partial charge in [-0.1, -0.05) is 6.08 Å². The van der Waals surface area contributed by atoms with Crippen LogP contribution in [0.25, 0.3) is 5.57 Å². The lowest BCUT2D eigenvalue weighted by Crippen LogP contribution is -2.07. The Kier molecular flexibility index (Phi) is 2.27. The third-order valence-electron chi connectivity index (χ3n) is 2.20. The van der Waals surface area contributed by atoms with Crippen LogP contribution >= 0.6 is 0 Å². The van der Waals surface area contributed by atoms with Crippen LogP contribution in [0.15, 0.2) is 24.4 Å². The van der Waals surface area contributed by atoms with Gasteiger partial charge < -0.3 is 10.6 Å². The highest BCUT2D eigenvalue weighted by atomic mass is 14.9. The van der Waals surface area contributed by atoms with Gasteiger partial charge >= 0.3 is 0 Å². The molecule has 2 heterocycles. The van der Waals surface area contributed by atoms with Crippen molar-refractivity contribution in [2.75, 3.05) is 25.5 Å². The first-order valence-electron chi connectivity index (χ1n) is 4.44. The SMILES string of the molecule is CNc1ccc(C2=CCNC2)cn1. The molecule has 1 aliphatic heterocycles. The van der Waals surface area contributed by atoms with Gasteiger partial charge in [-0.25, -0.2) is 4.98 Å². The van der Waals surface area contributed by atoms with Crippen LogP contribution in [-0.4, -0.2) is 25.1 Å². The molecule has 1 aromatic heterocycles. The molecule has 0 atom stereocenters. The van der Waals surface area contributed by atoms with E-state index in [1.54, 1.807) is 0 Å². The predicted octanol–water partition coefficient (Wildman–Crippen LogP) is 1.11. The van der Waals surface area contributed by atoms with Crippen LogP contribution in [-0.2, 0) is 0 Å². The lowest BCUT2D eigenvalue weighted by atomic mass is 10.1. The molecule has 68 valence electrons. The molecule has 0 aromatic carbocycles. The van der Waals surface area contributed by atoms with E-state index in [4.69, 9.17) is 0 Å². The normalized spacial score (nSPS) is 15.6. The summed E-state index contributed by atoms with van der Waals surface area (Å²) >= 11 is 0. The minimum absolute atomic E-state index is 0.912. The molecule has 0 radical (unpaired) electrons. The highest BCUT2D eigenvalue weighted by molar-refractivity contribution is 5.68. The van der Waals surface area contributed by atoms with Crippen LogP contribution in [0.1, 0.15) is 5.56 Å². The average Bonchev–Trinajstić information content (AvgIpc) is 2.71.